The molecule has 3 aromatic carbocycles. The second kappa shape index (κ2) is 10.7. The Morgan fingerprint density at radius 3 is 2.37 bits per heavy atom. The summed E-state index contributed by atoms with van der Waals surface area (Å²) in [5.41, 5.74) is 4.60. The zero-order chi connectivity index (χ0) is 21.2. The third-order valence-corrected chi connectivity index (χ3v) is 4.34. The number of hydrogen-bond donors (Lipinski definition) is 0. The first-order valence-corrected chi connectivity index (χ1v) is 9.39. The molecule has 4 nitrogen and oxygen atoms in total. The van der Waals surface area contributed by atoms with Crippen LogP contribution < -0.4 is 4.74 Å². The van der Waals surface area contributed by atoms with Crippen molar-refractivity contribution in [2.24, 2.45) is 0 Å². The highest BCUT2D eigenvalue weighted by molar-refractivity contribution is 5.89. The molecular weight excluding hydrogens is 376 g/mol. The first-order chi connectivity index (χ1) is 14.7. The molecule has 0 radical (unpaired) electrons. The van der Waals surface area contributed by atoms with Crippen molar-refractivity contribution in [1.82, 2.24) is 0 Å². The molecule has 0 unspecified atom stereocenters. The minimum absolute atomic E-state index is 0.225. The van der Waals surface area contributed by atoms with Crippen LogP contribution in [0.4, 0.5) is 0 Å². The van der Waals surface area contributed by atoms with Crippen molar-refractivity contribution in [3.05, 3.63) is 95.6 Å². The predicted molar refractivity (Wildman–Crippen MR) is 118 cm³/mol. The molecule has 0 bridgehead atoms. The highest BCUT2D eigenvalue weighted by atomic mass is 16.7. The largest absolute Gasteiger partial charge is 0.468 e. The predicted octanol–water partition coefficient (Wildman–Crippen LogP) is 5.19. The third kappa shape index (κ3) is 5.60. The summed E-state index contributed by atoms with van der Waals surface area (Å²) >= 11 is 0. The van der Waals surface area contributed by atoms with Crippen LogP contribution in [0.25, 0.3) is 17.2 Å². The van der Waals surface area contributed by atoms with Crippen LogP contribution in [-0.2, 0) is 9.47 Å². The zero-order valence-corrected chi connectivity index (χ0v) is 16.9. The quantitative estimate of drug-likeness (QED) is 0.326. The van der Waals surface area contributed by atoms with Crippen LogP contribution >= 0.6 is 0 Å². The Morgan fingerprint density at radius 2 is 1.67 bits per heavy atom. The van der Waals surface area contributed by atoms with E-state index in [4.69, 9.17) is 14.2 Å². The molecule has 0 saturated carbocycles. The van der Waals surface area contributed by atoms with Crippen molar-refractivity contribution in [3.8, 4) is 28.7 Å². The second-order valence-corrected chi connectivity index (χ2v) is 6.33. The Morgan fingerprint density at radius 1 is 0.933 bits per heavy atom. The maximum atomic E-state index is 11.5. The Labute approximate surface area is 176 Å². The topological polar surface area (TPSA) is 44.8 Å². The molecule has 0 amide bonds. The van der Waals surface area contributed by atoms with E-state index in [1.54, 1.807) is 31.4 Å². The highest BCUT2D eigenvalue weighted by Crippen LogP contribution is 2.26. The minimum Gasteiger partial charge on any atom is -0.468 e. The molecule has 3 aromatic rings. The lowest BCUT2D eigenvalue weighted by molar-refractivity contribution is 0.0511. The van der Waals surface area contributed by atoms with Gasteiger partial charge in [0, 0.05) is 12.7 Å². The van der Waals surface area contributed by atoms with Gasteiger partial charge in [-0.3, -0.25) is 0 Å². The van der Waals surface area contributed by atoms with E-state index in [0.29, 0.717) is 5.56 Å². The maximum Gasteiger partial charge on any atom is 0.337 e. The van der Waals surface area contributed by atoms with Gasteiger partial charge in [0.1, 0.15) is 5.75 Å². The standard InChI is InChI=1S/C26H22O4/c1-28-19-30-24-17-15-22(16-18-24)25-10-6-5-9-21(25)8-4-3-7-20-11-13-23(14-12-20)26(27)29-2/h4-6,8-18H,19H2,1-2H3. The van der Waals surface area contributed by atoms with Crippen LogP contribution in [0.3, 0.4) is 0 Å². The lowest BCUT2D eigenvalue weighted by Crippen LogP contribution is -2.00. The van der Waals surface area contributed by atoms with E-state index >= 15 is 0 Å². The van der Waals surface area contributed by atoms with Crippen LogP contribution in [-0.4, -0.2) is 27.0 Å². The lowest BCUT2D eigenvalue weighted by atomic mass is 9.99. The monoisotopic (exact) mass is 398 g/mol. The lowest BCUT2D eigenvalue weighted by Gasteiger charge is -2.08. The fraction of sp³-hybridized carbons (Fsp3) is 0.115. The molecule has 0 N–H and O–H groups in total. The summed E-state index contributed by atoms with van der Waals surface area (Å²) in [5, 5.41) is 0. The third-order valence-electron chi connectivity index (χ3n) is 4.34. The summed E-state index contributed by atoms with van der Waals surface area (Å²) in [6.45, 7) is 0.225. The summed E-state index contributed by atoms with van der Waals surface area (Å²) in [6, 6.07) is 23.0. The summed E-state index contributed by atoms with van der Waals surface area (Å²) < 4.78 is 15.1. The maximum absolute atomic E-state index is 11.5. The highest BCUT2D eigenvalue weighted by Gasteiger charge is 2.04. The van der Waals surface area contributed by atoms with Gasteiger partial charge in [-0.1, -0.05) is 48.2 Å². The molecule has 0 aliphatic heterocycles. The second-order valence-electron chi connectivity index (χ2n) is 6.33. The summed E-state index contributed by atoms with van der Waals surface area (Å²) in [5.74, 6) is 6.52. The van der Waals surface area contributed by atoms with Gasteiger partial charge in [-0.05, 0) is 65.2 Å². The molecule has 0 fully saturated rings. The van der Waals surface area contributed by atoms with E-state index in [1.807, 2.05) is 54.6 Å². The van der Waals surface area contributed by atoms with Crippen LogP contribution in [0, 0.1) is 11.8 Å². The van der Waals surface area contributed by atoms with E-state index in [1.165, 1.54) is 7.11 Å². The van der Waals surface area contributed by atoms with Gasteiger partial charge in [0.05, 0.1) is 12.7 Å². The Balaban J connectivity index is 1.73. The smallest absolute Gasteiger partial charge is 0.337 e. The van der Waals surface area contributed by atoms with Crippen molar-refractivity contribution in [1.29, 1.82) is 0 Å². The van der Waals surface area contributed by atoms with Crippen LogP contribution in [0.1, 0.15) is 21.5 Å². The molecule has 0 atom stereocenters. The number of carbonyl (C=O) groups is 1. The van der Waals surface area contributed by atoms with Gasteiger partial charge in [0.2, 0.25) is 0 Å². The van der Waals surface area contributed by atoms with Gasteiger partial charge in [-0.25, -0.2) is 4.79 Å². The molecular formula is C26H22O4. The van der Waals surface area contributed by atoms with Crippen LogP contribution in [0.15, 0.2) is 78.9 Å². The Hall–Kier alpha value is -3.81. The first kappa shape index (κ1) is 20.9. The number of carbonyl (C=O) groups excluding carboxylic acids is 1. The van der Waals surface area contributed by atoms with Crippen molar-refractivity contribution in [3.63, 3.8) is 0 Å². The van der Waals surface area contributed by atoms with Crippen molar-refractivity contribution < 1.29 is 19.0 Å². The number of hydrogen-bond acceptors (Lipinski definition) is 4. The first-order valence-electron chi connectivity index (χ1n) is 9.39. The van der Waals surface area contributed by atoms with Gasteiger partial charge < -0.3 is 14.2 Å². The van der Waals surface area contributed by atoms with Crippen molar-refractivity contribution in [2.45, 2.75) is 0 Å². The van der Waals surface area contributed by atoms with Gasteiger partial charge in [0.15, 0.2) is 6.79 Å². The average molecular weight is 398 g/mol. The Bertz CT molecular complexity index is 1070. The molecule has 0 aromatic heterocycles. The van der Waals surface area contributed by atoms with E-state index in [9.17, 15) is 4.79 Å². The number of benzene rings is 3. The Kier molecular flexibility index (Phi) is 7.43. The zero-order valence-electron chi connectivity index (χ0n) is 16.9. The minimum atomic E-state index is -0.357. The number of esters is 1. The number of ether oxygens (including phenoxy) is 3. The van der Waals surface area contributed by atoms with E-state index < -0.39 is 0 Å². The van der Waals surface area contributed by atoms with Gasteiger partial charge in [-0.15, -0.1) is 0 Å². The summed E-state index contributed by atoms with van der Waals surface area (Å²) in [7, 11) is 2.96. The summed E-state index contributed by atoms with van der Waals surface area (Å²) in [6.07, 6.45) is 3.81. The normalized spacial score (nSPS) is 10.3. The molecule has 4 heteroatoms. The molecule has 0 heterocycles. The fourth-order valence-electron chi connectivity index (χ4n) is 2.83. The van der Waals surface area contributed by atoms with Crippen molar-refractivity contribution >= 4 is 12.0 Å². The van der Waals surface area contributed by atoms with Gasteiger partial charge in [0.25, 0.3) is 0 Å². The van der Waals surface area contributed by atoms with Gasteiger partial charge in [-0.2, -0.15) is 0 Å². The van der Waals surface area contributed by atoms with E-state index in [0.717, 1.165) is 28.0 Å². The van der Waals surface area contributed by atoms with E-state index in [-0.39, 0.29) is 12.8 Å². The van der Waals surface area contributed by atoms with E-state index in [2.05, 4.69) is 17.9 Å². The van der Waals surface area contributed by atoms with Crippen LogP contribution in [0.5, 0.6) is 5.75 Å². The number of rotatable bonds is 6. The SMILES string of the molecule is COCOc1ccc(-c2ccccc2C=CC#Cc2ccc(C(=O)OC)cc2)cc1. The van der Waals surface area contributed by atoms with Gasteiger partial charge >= 0.3 is 5.97 Å². The number of allylic oxidation sites excluding steroid dienone is 1. The molecule has 0 spiro atoms. The molecule has 0 aliphatic carbocycles. The molecule has 30 heavy (non-hydrogen) atoms. The fourth-order valence-corrected chi connectivity index (χ4v) is 2.83. The summed E-state index contributed by atoms with van der Waals surface area (Å²) in [4.78, 5) is 11.5. The number of methoxy groups -OCH3 is 2. The average Bonchev–Trinajstić information content (AvgIpc) is 2.81. The van der Waals surface area contributed by atoms with Crippen molar-refractivity contribution in [2.75, 3.05) is 21.0 Å². The molecule has 3 rings (SSSR count). The molecule has 0 aliphatic rings. The van der Waals surface area contributed by atoms with Crippen LogP contribution in [0.2, 0.25) is 0 Å². The molecule has 0 saturated heterocycles. The molecule has 150 valence electrons.